The van der Waals surface area contributed by atoms with Crippen LogP contribution < -0.4 is 0 Å². The molecule has 1 saturated heterocycles. The Labute approximate surface area is 127 Å². The third-order valence-electron chi connectivity index (χ3n) is 4.89. The number of fused-ring (bicyclic) bond motifs is 5. The molecule has 2 aromatic rings. The number of rotatable bonds is 1. The van der Waals surface area contributed by atoms with Crippen molar-refractivity contribution in [2.45, 2.75) is 31.3 Å². The van der Waals surface area contributed by atoms with E-state index in [0.29, 0.717) is 27.5 Å². The van der Waals surface area contributed by atoms with Gasteiger partial charge in [-0.15, -0.1) is 0 Å². The van der Waals surface area contributed by atoms with Crippen LogP contribution in [0, 0.1) is 0 Å². The quantitative estimate of drug-likeness (QED) is 0.878. The standard InChI is InChI=1S/C16H15ClN2O2/c1-19-8-5-6-12(19)14-11(7-8)18-10-4-2-3-9(17)13(10)15(14)16(20)21/h2-4,8,12H,5-7H2,1H3,(H,20,21). The molecule has 1 aromatic heterocycles. The summed E-state index contributed by atoms with van der Waals surface area (Å²) in [4.78, 5) is 18.9. The molecule has 0 radical (unpaired) electrons. The van der Waals surface area contributed by atoms with Crippen LogP contribution in [0.25, 0.3) is 10.9 Å². The molecule has 21 heavy (non-hydrogen) atoms. The summed E-state index contributed by atoms with van der Waals surface area (Å²) in [7, 11) is 2.08. The Morgan fingerprint density at radius 2 is 2.24 bits per heavy atom. The minimum absolute atomic E-state index is 0.151. The molecule has 1 fully saturated rings. The van der Waals surface area contributed by atoms with E-state index in [1.165, 1.54) is 0 Å². The Balaban J connectivity index is 2.12. The number of nitrogens with zero attached hydrogens (tertiary/aromatic N) is 2. The van der Waals surface area contributed by atoms with E-state index in [4.69, 9.17) is 16.6 Å². The van der Waals surface area contributed by atoms with Crippen LogP contribution in [0.3, 0.4) is 0 Å². The summed E-state index contributed by atoms with van der Waals surface area (Å²) >= 11 is 6.27. The molecule has 3 heterocycles. The summed E-state index contributed by atoms with van der Waals surface area (Å²) < 4.78 is 0. The largest absolute Gasteiger partial charge is 0.478 e. The predicted molar refractivity (Wildman–Crippen MR) is 80.9 cm³/mol. The van der Waals surface area contributed by atoms with Crippen LogP contribution in [0.2, 0.25) is 5.02 Å². The summed E-state index contributed by atoms with van der Waals surface area (Å²) in [5.41, 5.74) is 2.84. The third kappa shape index (κ3) is 1.72. The minimum atomic E-state index is -0.912. The molecule has 2 aliphatic rings. The van der Waals surface area contributed by atoms with Crippen molar-refractivity contribution in [3.8, 4) is 0 Å². The molecule has 2 atom stereocenters. The Hall–Kier alpha value is -1.65. The van der Waals surface area contributed by atoms with E-state index in [0.717, 1.165) is 30.5 Å². The number of aromatic nitrogens is 1. The second-order valence-corrected chi connectivity index (χ2v) is 6.31. The molecule has 2 unspecified atom stereocenters. The van der Waals surface area contributed by atoms with Gasteiger partial charge in [0.25, 0.3) is 0 Å². The first-order valence-electron chi connectivity index (χ1n) is 7.14. The van der Waals surface area contributed by atoms with Gasteiger partial charge in [0.05, 0.1) is 16.1 Å². The fraction of sp³-hybridized carbons (Fsp3) is 0.375. The fourth-order valence-corrected chi connectivity index (χ4v) is 4.17. The maximum Gasteiger partial charge on any atom is 0.336 e. The van der Waals surface area contributed by atoms with Crippen molar-refractivity contribution in [3.05, 3.63) is 40.0 Å². The number of hydrogen-bond donors (Lipinski definition) is 1. The average Bonchev–Trinajstić information content (AvgIpc) is 2.69. The molecule has 0 aliphatic carbocycles. The molecular formula is C16H15ClN2O2. The molecule has 5 heteroatoms. The van der Waals surface area contributed by atoms with Gasteiger partial charge in [0.15, 0.2) is 0 Å². The van der Waals surface area contributed by atoms with Crippen LogP contribution >= 0.6 is 11.6 Å². The monoisotopic (exact) mass is 302 g/mol. The van der Waals surface area contributed by atoms with Crippen molar-refractivity contribution < 1.29 is 9.90 Å². The number of hydrogen-bond acceptors (Lipinski definition) is 3. The molecular weight excluding hydrogens is 288 g/mol. The lowest BCUT2D eigenvalue weighted by Crippen LogP contribution is -2.36. The number of aromatic carboxylic acids is 1. The first-order chi connectivity index (χ1) is 10.1. The minimum Gasteiger partial charge on any atom is -0.478 e. The molecule has 0 amide bonds. The highest BCUT2D eigenvalue weighted by atomic mass is 35.5. The summed E-state index contributed by atoms with van der Waals surface area (Å²) in [6.45, 7) is 0. The van der Waals surface area contributed by atoms with E-state index >= 15 is 0 Å². The third-order valence-corrected chi connectivity index (χ3v) is 5.21. The Bertz CT molecular complexity index is 774. The number of pyridine rings is 1. The molecule has 1 aromatic carbocycles. The van der Waals surface area contributed by atoms with E-state index in [2.05, 4.69) is 11.9 Å². The van der Waals surface area contributed by atoms with E-state index in [1.54, 1.807) is 6.07 Å². The first kappa shape index (κ1) is 13.0. The number of benzene rings is 1. The van der Waals surface area contributed by atoms with Gasteiger partial charge in [-0.25, -0.2) is 4.79 Å². The van der Waals surface area contributed by atoms with Crippen molar-refractivity contribution in [1.82, 2.24) is 9.88 Å². The zero-order chi connectivity index (χ0) is 14.7. The molecule has 0 spiro atoms. The number of carboxylic acid groups (broad SMARTS) is 1. The van der Waals surface area contributed by atoms with Gasteiger partial charge >= 0.3 is 5.97 Å². The topological polar surface area (TPSA) is 53.4 Å². The number of likely N-dealkylation sites (N-methyl/N-ethyl adjacent to an activating group) is 1. The highest BCUT2D eigenvalue weighted by molar-refractivity contribution is 6.36. The lowest BCUT2D eigenvalue weighted by molar-refractivity contribution is 0.0694. The number of carbonyl (C=O) groups is 1. The SMILES string of the molecule is CN1C2CCC1c1c(nc3cccc(Cl)c3c1C(=O)O)C2. The van der Waals surface area contributed by atoms with Gasteiger partial charge in [0, 0.05) is 35.1 Å². The Morgan fingerprint density at radius 3 is 3.00 bits per heavy atom. The van der Waals surface area contributed by atoms with Crippen molar-refractivity contribution >= 4 is 28.5 Å². The van der Waals surface area contributed by atoms with Gasteiger partial charge in [0.1, 0.15) is 0 Å². The van der Waals surface area contributed by atoms with E-state index in [1.807, 2.05) is 12.1 Å². The van der Waals surface area contributed by atoms with Gasteiger partial charge in [-0.1, -0.05) is 17.7 Å². The molecule has 108 valence electrons. The highest BCUT2D eigenvalue weighted by Crippen LogP contribution is 2.45. The number of carboxylic acids is 1. The van der Waals surface area contributed by atoms with Crippen LogP contribution in [0.4, 0.5) is 0 Å². The van der Waals surface area contributed by atoms with E-state index in [-0.39, 0.29) is 6.04 Å². The van der Waals surface area contributed by atoms with Crippen molar-refractivity contribution in [2.75, 3.05) is 7.05 Å². The van der Waals surface area contributed by atoms with Crippen LogP contribution in [0.15, 0.2) is 18.2 Å². The summed E-state index contributed by atoms with van der Waals surface area (Å²) in [5.74, 6) is -0.912. The second kappa shape index (κ2) is 4.42. The smallest absolute Gasteiger partial charge is 0.336 e. The molecule has 1 N–H and O–H groups in total. The lowest BCUT2D eigenvalue weighted by Gasteiger charge is -2.33. The van der Waals surface area contributed by atoms with Gasteiger partial charge in [-0.05, 0) is 32.0 Å². The van der Waals surface area contributed by atoms with Crippen LogP contribution in [-0.2, 0) is 6.42 Å². The van der Waals surface area contributed by atoms with Crippen molar-refractivity contribution in [1.29, 1.82) is 0 Å². The zero-order valence-electron chi connectivity index (χ0n) is 11.6. The Morgan fingerprint density at radius 1 is 1.43 bits per heavy atom. The lowest BCUT2D eigenvalue weighted by atomic mass is 9.91. The predicted octanol–water partition coefficient (Wildman–Crippen LogP) is 3.28. The molecule has 0 saturated carbocycles. The van der Waals surface area contributed by atoms with Crippen LogP contribution in [0.1, 0.15) is 40.5 Å². The highest BCUT2D eigenvalue weighted by Gasteiger charge is 2.41. The molecule has 2 aliphatic heterocycles. The summed E-state index contributed by atoms with van der Waals surface area (Å²) in [6.07, 6.45) is 2.91. The van der Waals surface area contributed by atoms with Crippen LogP contribution in [0.5, 0.6) is 0 Å². The average molecular weight is 303 g/mol. The van der Waals surface area contributed by atoms with Crippen molar-refractivity contribution in [3.63, 3.8) is 0 Å². The summed E-state index contributed by atoms with van der Waals surface area (Å²) in [5, 5.41) is 10.8. The molecule has 4 rings (SSSR count). The van der Waals surface area contributed by atoms with Gasteiger partial charge in [-0.3, -0.25) is 9.88 Å². The maximum absolute atomic E-state index is 11.9. The fourth-order valence-electron chi connectivity index (χ4n) is 3.90. The Kier molecular flexibility index (Phi) is 2.75. The van der Waals surface area contributed by atoms with E-state index < -0.39 is 5.97 Å². The van der Waals surface area contributed by atoms with E-state index in [9.17, 15) is 9.90 Å². The van der Waals surface area contributed by atoms with Crippen molar-refractivity contribution in [2.24, 2.45) is 0 Å². The second-order valence-electron chi connectivity index (χ2n) is 5.90. The maximum atomic E-state index is 11.9. The zero-order valence-corrected chi connectivity index (χ0v) is 12.4. The van der Waals surface area contributed by atoms with Gasteiger partial charge < -0.3 is 5.11 Å². The normalized spacial score (nSPS) is 24.3. The first-order valence-corrected chi connectivity index (χ1v) is 7.52. The number of halogens is 1. The van der Waals surface area contributed by atoms with Crippen LogP contribution in [-0.4, -0.2) is 34.0 Å². The molecule has 2 bridgehead atoms. The van der Waals surface area contributed by atoms with Gasteiger partial charge in [0.2, 0.25) is 0 Å². The summed E-state index contributed by atoms with van der Waals surface area (Å²) in [6, 6.07) is 6.02. The molecule has 4 nitrogen and oxygen atoms in total. The van der Waals surface area contributed by atoms with Gasteiger partial charge in [-0.2, -0.15) is 0 Å².